The van der Waals surface area contributed by atoms with Gasteiger partial charge < -0.3 is 4.90 Å². The lowest BCUT2D eigenvalue weighted by molar-refractivity contribution is 0.0828. The zero-order valence-corrected chi connectivity index (χ0v) is 12.2. The Morgan fingerprint density at radius 2 is 1.48 bits per heavy atom. The van der Waals surface area contributed by atoms with E-state index in [2.05, 4.69) is 30.3 Å². The molecule has 2 heteroatoms. The Balaban J connectivity index is 2.16. The fourth-order valence-corrected chi connectivity index (χ4v) is 2.52. The molecule has 0 aliphatic heterocycles. The molecule has 0 unspecified atom stereocenters. The number of fused-ring (bicyclic) bond motifs is 1. The van der Waals surface area contributed by atoms with Crippen LogP contribution in [0.1, 0.15) is 10.4 Å². The normalized spacial score (nSPS) is 10.6. The van der Waals surface area contributed by atoms with Gasteiger partial charge in [0.15, 0.2) is 0 Å². The van der Waals surface area contributed by atoms with Gasteiger partial charge in [-0.3, -0.25) is 4.79 Å². The third-order valence-electron chi connectivity index (χ3n) is 3.62. The van der Waals surface area contributed by atoms with E-state index in [0.717, 1.165) is 16.7 Å². The quantitative estimate of drug-likeness (QED) is 0.686. The number of carbonyl (C=O) groups is 1. The van der Waals surface area contributed by atoms with Gasteiger partial charge in [0.05, 0.1) is 0 Å². The average molecular weight is 275 g/mol. The summed E-state index contributed by atoms with van der Waals surface area (Å²) >= 11 is 0. The Bertz CT molecular complexity index is 805. The standard InChI is InChI=1S/C19H17NO/c1-20(2)19(21)18-10-6-5-9-17(18)16-12-11-14-7-3-4-8-15(14)13-16/h3-13H,1-2H3. The van der Waals surface area contributed by atoms with Gasteiger partial charge in [-0.1, -0.05) is 54.6 Å². The van der Waals surface area contributed by atoms with E-state index in [-0.39, 0.29) is 5.91 Å². The van der Waals surface area contributed by atoms with Crippen molar-refractivity contribution in [1.29, 1.82) is 0 Å². The molecule has 0 radical (unpaired) electrons. The zero-order valence-electron chi connectivity index (χ0n) is 12.2. The Hall–Kier alpha value is -2.61. The lowest BCUT2D eigenvalue weighted by Crippen LogP contribution is -2.22. The summed E-state index contributed by atoms with van der Waals surface area (Å²) in [5.74, 6) is 0.0266. The van der Waals surface area contributed by atoms with E-state index in [1.54, 1.807) is 19.0 Å². The van der Waals surface area contributed by atoms with Gasteiger partial charge >= 0.3 is 0 Å². The van der Waals surface area contributed by atoms with Crippen LogP contribution < -0.4 is 0 Å². The molecule has 0 spiro atoms. The van der Waals surface area contributed by atoms with Crippen molar-refractivity contribution in [2.24, 2.45) is 0 Å². The van der Waals surface area contributed by atoms with Crippen LogP contribution in [0.25, 0.3) is 21.9 Å². The Kier molecular flexibility index (Phi) is 3.44. The summed E-state index contributed by atoms with van der Waals surface area (Å²) < 4.78 is 0. The minimum Gasteiger partial charge on any atom is -0.345 e. The number of rotatable bonds is 2. The Morgan fingerprint density at radius 3 is 2.24 bits per heavy atom. The highest BCUT2D eigenvalue weighted by atomic mass is 16.2. The zero-order chi connectivity index (χ0) is 14.8. The summed E-state index contributed by atoms with van der Waals surface area (Å²) in [7, 11) is 3.55. The van der Waals surface area contributed by atoms with Crippen LogP contribution in [0.5, 0.6) is 0 Å². The molecule has 0 N–H and O–H groups in total. The molecule has 0 saturated carbocycles. The van der Waals surface area contributed by atoms with Gasteiger partial charge in [0, 0.05) is 19.7 Å². The smallest absolute Gasteiger partial charge is 0.253 e. The predicted octanol–water partition coefficient (Wildman–Crippen LogP) is 4.21. The van der Waals surface area contributed by atoms with E-state index < -0.39 is 0 Å². The van der Waals surface area contributed by atoms with E-state index in [1.807, 2.05) is 36.4 Å². The summed E-state index contributed by atoms with van der Waals surface area (Å²) in [6.45, 7) is 0. The van der Waals surface area contributed by atoms with Crippen LogP contribution in [-0.4, -0.2) is 24.9 Å². The van der Waals surface area contributed by atoms with Crippen molar-refractivity contribution in [1.82, 2.24) is 4.90 Å². The second kappa shape index (κ2) is 5.41. The average Bonchev–Trinajstić information content (AvgIpc) is 2.53. The van der Waals surface area contributed by atoms with Crippen LogP contribution in [0.3, 0.4) is 0 Å². The molecule has 2 nitrogen and oxygen atoms in total. The van der Waals surface area contributed by atoms with Crippen LogP contribution >= 0.6 is 0 Å². The molecule has 0 saturated heterocycles. The van der Waals surface area contributed by atoms with Crippen LogP contribution in [-0.2, 0) is 0 Å². The van der Waals surface area contributed by atoms with Crippen LogP contribution in [0.4, 0.5) is 0 Å². The second-order valence-electron chi connectivity index (χ2n) is 5.31. The van der Waals surface area contributed by atoms with Gasteiger partial charge in [0.2, 0.25) is 0 Å². The molecule has 0 heterocycles. The monoisotopic (exact) mass is 275 g/mol. The van der Waals surface area contributed by atoms with Crippen molar-refractivity contribution in [2.45, 2.75) is 0 Å². The maximum atomic E-state index is 12.3. The molecule has 0 atom stereocenters. The molecule has 0 aliphatic rings. The van der Waals surface area contributed by atoms with Crippen molar-refractivity contribution in [3.8, 4) is 11.1 Å². The topological polar surface area (TPSA) is 20.3 Å². The largest absolute Gasteiger partial charge is 0.345 e. The first-order valence-electron chi connectivity index (χ1n) is 6.96. The fraction of sp³-hybridized carbons (Fsp3) is 0.105. The number of hydrogen-bond donors (Lipinski definition) is 0. The first-order valence-corrected chi connectivity index (χ1v) is 6.96. The number of hydrogen-bond acceptors (Lipinski definition) is 1. The van der Waals surface area contributed by atoms with Gasteiger partial charge in [-0.15, -0.1) is 0 Å². The van der Waals surface area contributed by atoms with E-state index in [1.165, 1.54) is 10.8 Å². The highest BCUT2D eigenvalue weighted by Crippen LogP contribution is 2.27. The third kappa shape index (κ3) is 2.52. The molecule has 3 aromatic carbocycles. The molecule has 3 aromatic rings. The summed E-state index contributed by atoms with van der Waals surface area (Å²) in [6.07, 6.45) is 0. The van der Waals surface area contributed by atoms with E-state index in [4.69, 9.17) is 0 Å². The molecule has 0 bridgehead atoms. The van der Waals surface area contributed by atoms with Crippen molar-refractivity contribution >= 4 is 16.7 Å². The van der Waals surface area contributed by atoms with Gasteiger partial charge in [-0.2, -0.15) is 0 Å². The highest BCUT2D eigenvalue weighted by molar-refractivity contribution is 6.01. The van der Waals surface area contributed by atoms with E-state index in [9.17, 15) is 4.79 Å². The van der Waals surface area contributed by atoms with Crippen LogP contribution in [0.15, 0.2) is 66.7 Å². The first kappa shape index (κ1) is 13.4. The van der Waals surface area contributed by atoms with Crippen molar-refractivity contribution in [2.75, 3.05) is 14.1 Å². The second-order valence-corrected chi connectivity index (χ2v) is 5.31. The summed E-state index contributed by atoms with van der Waals surface area (Å²) in [6, 6.07) is 22.3. The Morgan fingerprint density at radius 1 is 0.810 bits per heavy atom. The molecule has 21 heavy (non-hydrogen) atoms. The third-order valence-corrected chi connectivity index (χ3v) is 3.62. The van der Waals surface area contributed by atoms with Gasteiger partial charge in [-0.25, -0.2) is 0 Å². The van der Waals surface area contributed by atoms with Gasteiger partial charge in [0.25, 0.3) is 5.91 Å². The lowest BCUT2D eigenvalue weighted by Gasteiger charge is -2.14. The maximum absolute atomic E-state index is 12.3. The van der Waals surface area contributed by atoms with Crippen LogP contribution in [0, 0.1) is 0 Å². The van der Waals surface area contributed by atoms with Crippen molar-refractivity contribution < 1.29 is 4.79 Å². The molecule has 0 aliphatic carbocycles. The van der Waals surface area contributed by atoms with Gasteiger partial charge in [0.1, 0.15) is 0 Å². The molecule has 104 valence electrons. The molecule has 1 amide bonds. The summed E-state index contributed by atoms with van der Waals surface area (Å²) in [4.78, 5) is 13.9. The molecular weight excluding hydrogens is 258 g/mol. The number of carbonyl (C=O) groups excluding carboxylic acids is 1. The van der Waals surface area contributed by atoms with Crippen molar-refractivity contribution in [3.05, 3.63) is 72.3 Å². The number of nitrogens with zero attached hydrogens (tertiary/aromatic N) is 1. The molecular formula is C19H17NO. The van der Waals surface area contributed by atoms with Gasteiger partial charge in [-0.05, 0) is 34.0 Å². The Labute approximate surface area is 124 Å². The van der Waals surface area contributed by atoms with Crippen molar-refractivity contribution in [3.63, 3.8) is 0 Å². The minimum absolute atomic E-state index is 0.0266. The highest BCUT2D eigenvalue weighted by Gasteiger charge is 2.13. The molecule has 0 fully saturated rings. The fourth-order valence-electron chi connectivity index (χ4n) is 2.52. The number of amides is 1. The van der Waals surface area contributed by atoms with E-state index >= 15 is 0 Å². The lowest BCUT2D eigenvalue weighted by atomic mass is 9.96. The molecule has 0 aromatic heterocycles. The summed E-state index contributed by atoms with van der Waals surface area (Å²) in [5.41, 5.74) is 2.78. The minimum atomic E-state index is 0.0266. The first-order chi connectivity index (χ1) is 10.2. The summed E-state index contributed by atoms with van der Waals surface area (Å²) in [5, 5.41) is 2.39. The van der Waals surface area contributed by atoms with E-state index in [0.29, 0.717) is 0 Å². The maximum Gasteiger partial charge on any atom is 0.253 e. The van der Waals surface area contributed by atoms with Crippen LogP contribution in [0.2, 0.25) is 0 Å². The predicted molar refractivity (Wildman–Crippen MR) is 87.4 cm³/mol. The SMILES string of the molecule is CN(C)C(=O)c1ccccc1-c1ccc2ccccc2c1. The molecule has 3 rings (SSSR count). The number of benzene rings is 3.